The van der Waals surface area contributed by atoms with E-state index in [1.165, 1.54) is 0 Å². The molecule has 1 fully saturated rings. The summed E-state index contributed by atoms with van der Waals surface area (Å²) in [4.78, 5) is 11.7. The van der Waals surface area contributed by atoms with Crippen LogP contribution in [0, 0.1) is 0 Å². The number of hydrogen-bond acceptors (Lipinski definition) is 6. The van der Waals surface area contributed by atoms with Crippen molar-refractivity contribution in [1.29, 1.82) is 0 Å². The number of nitrogens with two attached hydrogens (primary N) is 1. The molecule has 0 bridgehead atoms. The smallest absolute Gasteiger partial charge is 0.205 e. The van der Waals surface area contributed by atoms with Gasteiger partial charge >= 0.3 is 0 Å². The van der Waals surface area contributed by atoms with Crippen molar-refractivity contribution in [2.75, 3.05) is 44.7 Å². The molecule has 2 aromatic heterocycles. The molecule has 0 amide bonds. The van der Waals surface area contributed by atoms with Crippen LogP contribution in [0.5, 0.6) is 0 Å². The highest BCUT2D eigenvalue weighted by Gasteiger charge is 2.21. The lowest BCUT2D eigenvalue weighted by molar-refractivity contribution is 0.140. The van der Waals surface area contributed by atoms with Gasteiger partial charge in [-0.2, -0.15) is 0 Å². The topological polar surface area (TPSA) is 93.3 Å². The Hall–Kier alpha value is -1.97. The van der Waals surface area contributed by atoms with Gasteiger partial charge in [0.1, 0.15) is 5.52 Å². The highest BCUT2D eigenvalue weighted by molar-refractivity contribution is 7.80. The first-order valence-corrected chi connectivity index (χ1v) is 9.99. The number of ether oxygens (including phenoxy) is 1. The fourth-order valence-corrected chi connectivity index (χ4v) is 3.50. The van der Waals surface area contributed by atoms with Crippen LogP contribution in [0.4, 0.5) is 5.95 Å². The second-order valence-electron chi connectivity index (χ2n) is 6.68. The summed E-state index contributed by atoms with van der Waals surface area (Å²) >= 11 is 4.85. The SMILES string of the molecule is CCOCCn1c(NC2CCN(CCNC(N)=S)CC2)nc2cccnc21. The number of piperidine rings is 1. The Morgan fingerprint density at radius 1 is 1.37 bits per heavy atom. The lowest BCUT2D eigenvalue weighted by atomic mass is 10.1. The van der Waals surface area contributed by atoms with E-state index in [1.807, 2.05) is 25.3 Å². The molecule has 0 aliphatic carbocycles. The third kappa shape index (κ3) is 5.50. The average Bonchev–Trinajstić information content (AvgIpc) is 3.00. The number of nitrogens with zero attached hydrogens (tertiary/aromatic N) is 4. The molecular weight excluding hydrogens is 362 g/mol. The van der Waals surface area contributed by atoms with Gasteiger partial charge < -0.3 is 26.0 Å². The molecule has 3 rings (SSSR count). The maximum atomic E-state index is 5.53. The van der Waals surface area contributed by atoms with Gasteiger partial charge in [0.2, 0.25) is 5.95 Å². The number of nitrogens with one attached hydrogen (secondary N) is 2. The zero-order valence-corrected chi connectivity index (χ0v) is 16.7. The fourth-order valence-electron chi connectivity index (χ4n) is 3.40. The van der Waals surface area contributed by atoms with Crippen LogP contribution in [0.15, 0.2) is 18.3 Å². The van der Waals surface area contributed by atoms with Crippen molar-refractivity contribution in [3.05, 3.63) is 18.3 Å². The van der Waals surface area contributed by atoms with Crippen LogP contribution in [-0.2, 0) is 11.3 Å². The van der Waals surface area contributed by atoms with Gasteiger partial charge in [-0.25, -0.2) is 9.97 Å². The van der Waals surface area contributed by atoms with Crippen LogP contribution < -0.4 is 16.4 Å². The molecule has 0 spiro atoms. The third-order valence-electron chi connectivity index (χ3n) is 4.82. The maximum absolute atomic E-state index is 5.53. The number of imidazole rings is 1. The zero-order chi connectivity index (χ0) is 19.1. The minimum atomic E-state index is 0.367. The molecule has 0 atom stereocenters. The first-order chi connectivity index (χ1) is 13.2. The fraction of sp³-hybridized carbons (Fsp3) is 0.611. The van der Waals surface area contributed by atoms with Crippen LogP contribution >= 0.6 is 12.2 Å². The molecule has 1 aliphatic rings. The quantitative estimate of drug-likeness (QED) is 0.433. The lowest BCUT2D eigenvalue weighted by Gasteiger charge is -2.32. The van der Waals surface area contributed by atoms with Crippen LogP contribution in [0.2, 0.25) is 0 Å². The van der Waals surface area contributed by atoms with Crippen molar-refractivity contribution in [1.82, 2.24) is 24.8 Å². The van der Waals surface area contributed by atoms with E-state index in [1.54, 1.807) is 0 Å². The Bertz CT molecular complexity index is 742. The molecule has 1 saturated heterocycles. The molecule has 2 aromatic rings. The maximum Gasteiger partial charge on any atom is 0.205 e. The minimum absolute atomic E-state index is 0.367. The molecule has 9 heteroatoms. The van der Waals surface area contributed by atoms with E-state index in [-0.39, 0.29) is 0 Å². The van der Waals surface area contributed by atoms with Crippen molar-refractivity contribution in [2.24, 2.45) is 5.73 Å². The Kier molecular flexibility index (Phi) is 7.19. The van der Waals surface area contributed by atoms with Gasteiger partial charge in [-0.15, -0.1) is 0 Å². The number of fused-ring (bicyclic) bond motifs is 1. The summed E-state index contributed by atoms with van der Waals surface area (Å²) in [6, 6.07) is 4.33. The van der Waals surface area contributed by atoms with Crippen molar-refractivity contribution in [3.63, 3.8) is 0 Å². The van der Waals surface area contributed by atoms with Gasteiger partial charge in [-0.3, -0.25) is 4.57 Å². The number of anilines is 1. The number of thiocarbonyl (C=S) groups is 1. The van der Waals surface area contributed by atoms with E-state index >= 15 is 0 Å². The van der Waals surface area contributed by atoms with Crippen molar-refractivity contribution in [2.45, 2.75) is 32.4 Å². The van der Waals surface area contributed by atoms with Crippen molar-refractivity contribution in [3.8, 4) is 0 Å². The largest absolute Gasteiger partial charge is 0.380 e. The van der Waals surface area contributed by atoms with Gasteiger partial charge in [-0.05, 0) is 44.1 Å². The molecule has 3 heterocycles. The predicted molar refractivity (Wildman–Crippen MR) is 112 cm³/mol. The molecule has 0 aromatic carbocycles. The molecule has 0 saturated carbocycles. The Labute approximate surface area is 165 Å². The summed E-state index contributed by atoms with van der Waals surface area (Å²) in [5.41, 5.74) is 7.29. The van der Waals surface area contributed by atoms with E-state index in [0.29, 0.717) is 24.4 Å². The highest BCUT2D eigenvalue weighted by atomic mass is 32.1. The highest BCUT2D eigenvalue weighted by Crippen LogP contribution is 2.21. The Balaban J connectivity index is 1.58. The Morgan fingerprint density at radius 2 is 2.19 bits per heavy atom. The summed E-state index contributed by atoms with van der Waals surface area (Å²) in [6.07, 6.45) is 3.97. The number of pyridine rings is 1. The zero-order valence-electron chi connectivity index (χ0n) is 15.9. The molecule has 27 heavy (non-hydrogen) atoms. The lowest BCUT2D eigenvalue weighted by Crippen LogP contribution is -2.43. The minimum Gasteiger partial charge on any atom is -0.380 e. The van der Waals surface area contributed by atoms with Crippen LogP contribution in [0.1, 0.15) is 19.8 Å². The Morgan fingerprint density at radius 3 is 2.93 bits per heavy atom. The van der Waals surface area contributed by atoms with E-state index in [4.69, 9.17) is 27.7 Å². The number of likely N-dealkylation sites (tertiary alicyclic amines) is 1. The summed E-state index contributed by atoms with van der Waals surface area (Å²) in [7, 11) is 0. The van der Waals surface area contributed by atoms with E-state index in [0.717, 1.165) is 62.7 Å². The normalized spacial score (nSPS) is 15.9. The molecule has 0 radical (unpaired) electrons. The number of hydrogen-bond donors (Lipinski definition) is 3. The van der Waals surface area contributed by atoms with Gasteiger partial charge in [-0.1, -0.05) is 0 Å². The second kappa shape index (κ2) is 9.82. The number of aromatic nitrogens is 3. The van der Waals surface area contributed by atoms with Crippen molar-refractivity contribution < 1.29 is 4.74 Å². The molecule has 0 unspecified atom stereocenters. The first kappa shape index (κ1) is 19.8. The van der Waals surface area contributed by atoms with Crippen LogP contribution in [-0.4, -0.2) is 70.0 Å². The van der Waals surface area contributed by atoms with E-state index in [2.05, 4.69) is 25.1 Å². The molecule has 8 nitrogen and oxygen atoms in total. The molecule has 1 aliphatic heterocycles. The van der Waals surface area contributed by atoms with Crippen LogP contribution in [0.25, 0.3) is 11.2 Å². The second-order valence-corrected chi connectivity index (χ2v) is 7.12. The summed E-state index contributed by atoms with van der Waals surface area (Å²) in [6.45, 7) is 7.98. The van der Waals surface area contributed by atoms with Gasteiger partial charge in [0.25, 0.3) is 0 Å². The van der Waals surface area contributed by atoms with Crippen LogP contribution in [0.3, 0.4) is 0 Å². The number of rotatable bonds is 9. The predicted octanol–water partition coefficient (Wildman–Crippen LogP) is 1.18. The van der Waals surface area contributed by atoms with Gasteiger partial charge in [0.15, 0.2) is 10.8 Å². The monoisotopic (exact) mass is 391 g/mol. The average molecular weight is 392 g/mol. The van der Waals surface area contributed by atoms with Gasteiger partial charge in [0.05, 0.1) is 13.2 Å². The standard InChI is InChI=1S/C18H29N7OS/c1-2-26-13-12-25-16-15(4-3-7-20-16)23-18(25)22-14-5-9-24(10-6-14)11-8-21-17(19)27/h3-4,7,14H,2,5-6,8-13H2,1H3,(H,22,23)(H3,19,21,27). The summed E-state index contributed by atoms with van der Waals surface area (Å²) in [5.74, 6) is 0.886. The molecule has 4 N–H and O–H groups in total. The van der Waals surface area contributed by atoms with Crippen molar-refractivity contribution >= 4 is 34.4 Å². The first-order valence-electron chi connectivity index (χ1n) is 9.58. The van der Waals surface area contributed by atoms with E-state index in [9.17, 15) is 0 Å². The van der Waals surface area contributed by atoms with E-state index < -0.39 is 0 Å². The summed E-state index contributed by atoms with van der Waals surface area (Å²) < 4.78 is 7.66. The third-order valence-corrected chi connectivity index (χ3v) is 4.96. The molecular formula is C18H29N7OS. The molecule has 148 valence electrons. The van der Waals surface area contributed by atoms with Gasteiger partial charge in [0, 0.05) is 45.0 Å². The summed E-state index contributed by atoms with van der Waals surface area (Å²) in [5, 5.41) is 7.01.